The Kier molecular flexibility index (Phi) is 5.11. The van der Waals surface area contributed by atoms with Crippen molar-refractivity contribution in [3.05, 3.63) is 47.0 Å². The van der Waals surface area contributed by atoms with Crippen molar-refractivity contribution in [1.29, 1.82) is 0 Å². The van der Waals surface area contributed by atoms with Crippen LogP contribution >= 0.6 is 0 Å². The number of methoxy groups -OCH3 is 1. The molecule has 0 unspecified atom stereocenters. The lowest BCUT2D eigenvalue weighted by molar-refractivity contribution is -0.119. The van der Waals surface area contributed by atoms with Crippen molar-refractivity contribution in [3.63, 3.8) is 0 Å². The Bertz CT molecular complexity index is 1280. The number of para-hydroxylation sites is 1. The van der Waals surface area contributed by atoms with E-state index in [2.05, 4.69) is 20.4 Å². The molecule has 170 valence electrons. The Morgan fingerprint density at radius 2 is 2.00 bits per heavy atom. The second-order valence-electron chi connectivity index (χ2n) is 8.68. The smallest absolute Gasteiger partial charge is 0.257 e. The van der Waals surface area contributed by atoms with E-state index in [9.17, 15) is 9.59 Å². The van der Waals surface area contributed by atoms with E-state index in [1.54, 1.807) is 23.7 Å². The minimum Gasteiger partial charge on any atom is -0.494 e. The molecule has 1 aliphatic carbocycles. The zero-order valence-corrected chi connectivity index (χ0v) is 19.2. The molecule has 1 fully saturated rings. The number of ketones is 1. The average molecular weight is 447 g/mol. The molecule has 9 heteroatoms. The maximum atomic E-state index is 12.9. The lowest BCUT2D eigenvalue weighted by Crippen LogP contribution is -2.18. The molecule has 1 amide bonds. The molecule has 1 aromatic carbocycles. The summed E-state index contributed by atoms with van der Waals surface area (Å²) in [7, 11) is 5.19. The molecule has 2 aromatic heterocycles. The Morgan fingerprint density at radius 3 is 2.67 bits per heavy atom. The molecule has 0 saturated heterocycles. The molecule has 3 aromatic rings. The summed E-state index contributed by atoms with van der Waals surface area (Å²) in [6, 6.07) is 7.52. The number of Topliss-reactive ketones (excluding diaryl/α,β-unsaturated/α-hetero) is 1. The van der Waals surface area contributed by atoms with Gasteiger partial charge in [0.05, 0.1) is 47.5 Å². The van der Waals surface area contributed by atoms with E-state index in [0.29, 0.717) is 52.3 Å². The number of aryl methyl sites for hydroxylation is 2. The fourth-order valence-corrected chi connectivity index (χ4v) is 4.34. The van der Waals surface area contributed by atoms with Crippen LogP contribution in [0.5, 0.6) is 5.75 Å². The molecule has 3 heterocycles. The van der Waals surface area contributed by atoms with E-state index in [4.69, 9.17) is 4.74 Å². The summed E-state index contributed by atoms with van der Waals surface area (Å²) in [6.45, 7) is 2.26. The van der Waals surface area contributed by atoms with Gasteiger partial charge in [0.1, 0.15) is 11.6 Å². The van der Waals surface area contributed by atoms with Gasteiger partial charge in [0.2, 0.25) is 0 Å². The number of pyridine rings is 1. The van der Waals surface area contributed by atoms with Crippen molar-refractivity contribution in [3.8, 4) is 17.1 Å². The van der Waals surface area contributed by atoms with Crippen LogP contribution in [0.25, 0.3) is 11.4 Å². The minimum absolute atomic E-state index is 0.0980. The number of hydrogen-bond acceptors (Lipinski definition) is 7. The second-order valence-corrected chi connectivity index (χ2v) is 8.68. The van der Waals surface area contributed by atoms with Gasteiger partial charge < -0.3 is 15.0 Å². The maximum absolute atomic E-state index is 12.9. The van der Waals surface area contributed by atoms with Gasteiger partial charge in [-0.3, -0.25) is 14.6 Å². The molecule has 1 saturated carbocycles. The third-order valence-electron chi connectivity index (χ3n) is 6.08. The molecular weight excluding hydrogens is 420 g/mol. The lowest BCUT2D eigenvalue weighted by Gasteiger charge is -2.17. The Balaban J connectivity index is 1.57. The average Bonchev–Trinajstić information content (AvgIpc) is 3.51. The number of nitrogens with one attached hydrogen (secondary N) is 1. The quantitative estimate of drug-likeness (QED) is 0.595. The Morgan fingerprint density at radius 1 is 1.21 bits per heavy atom. The van der Waals surface area contributed by atoms with Gasteiger partial charge in [-0.25, -0.2) is 9.67 Å². The second kappa shape index (κ2) is 7.99. The lowest BCUT2D eigenvalue weighted by atomic mass is 10.1. The standard InChI is InChI=1S/C24H26N6O3/c1-13-25-23(30(3)28-13)16-6-5-7-17(22(16)33-4)27-18-10-15(11-20(31)14-8-9-14)26-19-12-29(2)24(32)21(18)19/h5-7,10,14H,8-9,11-12H2,1-4H3,(H,26,27). The highest BCUT2D eigenvalue weighted by Gasteiger charge is 2.33. The number of amides is 1. The van der Waals surface area contributed by atoms with Crippen LogP contribution in [0.2, 0.25) is 0 Å². The monoisotopic (exact) mass is 446 g/mol. The van der Waals surface area contributed by atoms with Crippen LogP contribution in [0.4, 0.5) is 11.4 Å². The molecule has 2 aliphatic rings. The van der Waals surface area contributed by atoms with E-state index < -0.39 is 0 Å². The zero-order valence-electron chi connectivity index (χ0n) is 19.2. The highest BCUT2D eigenvalue weighted by molar-refractivity contribution is 6.04. The van der Waals surface area contributed by atoms with E-state index in [1.807, 2.05) is 38.2 Å². The van der Waals surface area contributed by atoms with Gasteiger partial charge in [-0.2, -0.15) is 5.10 Å². The van der Waals surface area contributed by atoms with Gasteiger partial charge >= 0.3 is 0 Å². The molecule has 1 aliphatic heterocycles. The summed E-state index contributed by atoms with van der Waals surface area (Å²) < 4.78 is 7.47. The van der Waals surface area contributed by atoms with Crippen molar-refractivity contribution in [2.75, 3.05) is 19.5 Å². The normalized spacial score (nSPS) is 15.0. The van der Waals surface area contributed by atoms with Crippen molar-refractivity contribution in [1.82, 2.24) is 24.6 Å². The highest BCUT2D eigenvalue weighted by atomic mass is 16.5. The summed E-state index contributed by atoms with van der Waals surface area (Å²) in [5.74, 6) is 2.21. The van der Waals surface area contributed by atoms with Gasteiger partial charge in [-0.1, -0.05) is 6.07 Å². The maximum Gasteiger partial charge on any atom is 0.257 e. The van der Waals surface area contributed by atoms with Gasteiger partial charge in [-0.15, -0.1) is 0 Å². The molecule has 9 nitrogen and oxygen atoms in total. The van der Waals surface area contributed by atoms with E-state index in [0.717, 1.165) is 18.4 Å². The van der Waals surface area contributed by atoms with Gasteiger partial charge in [0.25, 0.3) is 5.91 Å². The van der Waals surface area contributed by atoms with Gasteiger partial charge in [-0.05, 0) is 38.0 Å². The summed E-state index contributed by atoms with van der Waals surface area (Å²) in [5, 5.41) is 7.73. The summed E-state index contributed by atoms with van der Waals surface area (Å²) in [6.07, 6.45) is 2.20. The third-order valence-corrected chi connectivity index (χ3v) is 6.08. The van der Waals surface area contributed by atoms with E-state index in [1.165, 1.54) is 0 Å². The molecule has 33 heavy (non-hydrogen) atoms. The fraction of sp³-hybridized carbons (Fsp3) is 0.375. The number of fused-ring (bicyclic) bond motifs is 1. The molecule has 0 radical (unpaired) electrons. The molecule has 1 N–H and O–H groups in total. The fourth-order valence-electron chi connectivity index (χ4n) is 4.34. The third kappa shape index (κ3) is 3.83. The molecule has 5 rings (SSSR count). The van der Waals surface area contributed by atoms with Gasteiger partial charge in [0.15, 0.2) is 11.6 Å². The number of aromatic nitrogens is 4. The number of benzene rings is 1. The number of hydrogen-bond donors (Lipinski definition) is 1. The minimum atomic E-state index is -0.0980. The molecule has 0 bridgehead atoms. The molecule has 0 spiro atoms. The van der Waals surface area contributed by atoms with Crippen LogP contribution in [-0.4, -0.2) is 50.5 Å². The first-order chi connectivity index (χ1) is 15.9. The highest BCUT2D eigenvalue weighted by Crippen LogP contribution is 2.39. The van der Waals surface area contributed by atoms with Crippen LogP contribution in [-0.2, 0) is 24.8 Å². The Labute approximate surface area is 191 Å². The van der Waals surface area contributed by atoms with Crippen molar-refractivity contribution < 1.29 is 14.3 Å². The van der Waals surface area contributed by atoms with E-state index in [-0.39, 0.29) is 24.0 Å². The first-order valence-corrected chi connectivity index (χ1v) is 11.0. The number of ether oxygens (including phenoxy) is 1. The van der Waals surface area contributed by atoms with Gasteiger partial charge in [0, 0.05) is 26.4 Å². The predicted molar refractivity (Wildman–Crippen MR) is 122 cm³/mol. The van der Waals surface area contributed by atoms with Crippen molar-refractivity contribution >= 4 is 23.1 Å². The van der Waals surface area contributed by atoms with Crippen LogP contribution < -0.4 is 10.1 Å². The van der Waals surface area contributed by atoms with Crippen LogP contribution in [0.15, 0.2) is 24.3 Å². The largest absolute Gasteiger partial charge is 0.494 e. The Hall–Kier alpha value is -3.75. The SMILES string of the molecule is COc1c(Nc2cc(CC(=O)C3CC3)nc3c2C(=O)N(C)C3)cccc1-c1nc(C)nn1C. The number of anilines is 2. The summed E-state index contributed by atoms with van der Waals surface area (Å²) in [5.41, 5.74) is 3.98. The number of carbonyl (C=O) groups is 2. The number of nitrogens with zero attached hydrogens (tertiary/aromatic N) is 5. The first-order valence-electron chi connectivity index (χ1n) is 11.0. The topological polar surface area (TPSA) is 102 Å². The van der Waals surface area contributed by atoms with Crippen LogP contribution in [0.3, 0.4) is 0 Å². The summed E-state index contributed by atoms with van der Waals surface area (Å²) in [4.78, 5) is 36.1. The van der Waals surface area contributed by atoms with Crippen LogP contribution in [0.1, 0.15) is 40.4 Å². The van der Waals surface area contributed by atoms with Crippen LogP contribution in [0, 0.1) is 12.8 Å². The van der Waals surface area contributed by atoms with E-state index >= 15 is 0 Å². The van der Waals surface area contributed by atoms with Crippen molar-refractivity contribution in [2.45, 2.75) is 32.7 Å². The molecular formula is C24H26N6O3. The predicted octanol–water partition coefficient (Wildman–Crippen LogP) is 3.04. The van der Waals surface area contributed by atoms with Crippen molar-refractivity contribution in [2.24, 2.45) is 13.0 Å². The number of carbonyl (C=O) groups excluding carboxylic acids is 2. The number of rotatable bonds is 7. The zero-order chi connectivity index (χ0) is 23.3. The summed E-state index contributed by atoms with van der Waals surface area (Å²) >= 11 is 0. The molecule has 0 atom stereocenters. The first kappa shape index (κ1) is 21.1.